The van der Waals surface area contributed by atoms with Crippen molar-refractivity contribution >= 4 is 77.5 Å². The van der Waals surface area contributed by atoms with Crippen molar-refractivity contribution in [3.05, 3.63) is 284 Å². The number of rotatable bonds is 9. The molecule has 0 saturated heterocycles. The van der Waals surface area contributed by atoms with Crippen LogP contribution in [0.15, 0.2) is 273 Å². The van der Waals surface area contributed by atoms with E-state index in [0.717, 1.165) is 39.8 Å². The highest BCUT2D eigenvalue weighted by Crippen LogP contribution is 2.51. The molecule has 12 aromatic carbocycles. The molecule has 0 spiro atoms. The summed E-state index contributed by atoms with van der Waals surface area (Å²) in [6.07, 6.45) is 0. The number of aromatic nitrogens is 1. The van der Waals surface area contributed by atoms with Gasteiger partial charge in [0.25, 0.3) is 0 Å². The van der Waals surface area contributed by atoms with Gasteiger partial charge in [-0.05, 0) is 140 Å². The van der Waals surface area contributed by atoms with Gasteiger partial charge in [0, 0.05) is 55.4 Å². The summed E-state index contributed by atoms with van der Waals surface area (Å²) in [5.74, 6) is 0. The van der Waals surface area contributed by atoms with E-state index in [1.807, 2.05) is 0 Å². The van der Waals surface area contributed by atoms with Crippen molar-refractivity contribution in [2.75, 3.05) is 9.80 Å². The van der Waals surface area contributed by atoms with Crippen LogP contribution in [-0.2, 0) is 5.41 Å². The molecule has 14 rings (SSSR count). The summed E-state index contributed by atoms with van der Waals surface area (Å²) in [6, 6.07) is 100. The molecule has 0 N–H and O–H groups in total. The Morgan fingerprint density at radius 2 is 0.703 bits per heavy atom. The lowest BCUT2D eigenvalue weighted by Gasteiger charge is -2.27. The third-order valence-electron chi connectivity index (χ3n) is 15.6. The van der Waals surface area contributed by atoms with Crippen molar-refractivity contribution in [3.63, 3.8) is 0 Å². The Morgan fingerprint density at radius 1 is 0.297 bits per heavy atom. The predicted molar refractivity (Wildman–Crippen MR) is 314 cm³/mol. The highest BCUT2D eigenvalue weighted by atomic mass is 15.1. The Hall–Kier alpha value is -9.44. The van der Waals surface area contributed by atoms with E-state index in [2.05, 4.69) is 301 Å². The average molecular weight is 946 g/mol. The minimum absolute atomic E-state index is 0.149. The summed E-state index contributed by atoms with van der Waals surface area (Å²) in [6.45, 7) is 4.75. The van der Waals surface area contributed by atoms with Gasteiger partial charge in [0.05, 0.1) is 22.4 Å². The summed E-state index contributed by atoms with van der Waals surface area (Å²) in [5, 5.41) is 7.23. The SMILES string of the molecule is CC1(C)c2ccccc2-c2ccc(-n3c4ccc5c(N(c6ccccc6)c6ccc(-c7ccccc7)cc6)cccc5c4c4c5cccc(N(c6ccccc6)c6ccc(-c7ccccc7)cc6)c5ccc43)cc21. The van der Waals surface area contributed by atoms with Gasteiger partial charge in [0.15, 0.2) is 0 Å². The van der Waals surface area contributed by atoms with E-state index in [1.165, 1.54) is 87.9 Å². The van der Waals surface area contributed by atoms with Crippen LogP contribution in [0.1, 0.15) is 25.0 Å². The Labute approximate surface area is 432 Å². The Kier molecular flexibility index (Phi) is 10.2. The van der Waals surface area contributed by atoms with E-state index < -0.39 is 0 Å². The molecule has 0 bridgehead atoms. The first-order chi connectivity index (χ1) is 36.5. The molecule has 13 aromatic rings. The normalized spacial score (nSPS) is 12.6. The maximum Gasteiger partial charge on any atom is 0.0547 e. The monoisotopic (exact) mass is 945 g/mol. The molecule has 350 valence electrons. The van der Waals surface area contributed by atoms with Crippen LogP contribution >= 0.6 is 0 Å². The fourth-order valence-electron chi connectivity index (χ4n) is 12.1. The first kappa shape index (κ1) is 43.4. The molecule has 0 atom stereocenters. The van der Waals surface area contributed by atoms with Crippen LogP contribution in [0.3, 0.4) is 0 Å². The molecule has 0 amide bonds. The number of hydrogen-bond donors (Lipinski definition) is 0. The van der Waals surface area contributed by atoms with Gasteiger partial charge >= 0.3 is 0 Å². The van der Waals surface area contributed by atoms with Crippen LogP contribution < -0.4 is 9.80 Å². The molecule has 0 aliphatic heterocycles. The zero-order valence-corrected chi connectivity index (χ0v) is 41.3. The van der Waals surface area contributed by atoms with E-state index in [-0.39, 0.29) is 5.41 Å². The van der Waals surface area contributed by atoms with Crippen LogP contribution in [0.5, 0.6) is 0 Å². The van der Waals surface area contributed by atoms with Crippen molar-refractivity contribution < 1.29 is 0 Å². The molecule has 3 heteroatoms. The number of fused-ring (bicyclic) bond motifs is 10. The number of anilines is 6. The molecule has 1 aliphatic carbocycles. The smallest absolute Gasteiger partial charge is 0.0547 e. The lowest BCUT2D eigenvalue weighted by atomic mass is 9.82. The van der Waals surface area contributed by atoms with Gasteiger partial charge in [-0.25, -0.2) is 0 Å². The van der Waals surface area contributed by atoms with Crippen LogP contribution in [0.25, 0.3) is 82.4 Å². The minimum atomic E-state index is -0.149. The molecule has 3 nitrogen and oxygen atoms in total. The highest BCUT2D eigenvalue weighted by Gasteiger charge is 2.36. The van der Waals surface area contributed by atoms with Crippen molar-refractivity contribution in [1.29, 1.82) is 0 Å². The Balaban J connectivity index is 1.02. The summed E-state index contributed by atoms with van der Waals surface area (Å²) in [5.41, 5.74) is 20.2. The molecule has 0 fully saturated rings. The van der Waals surface area contributed by atoms with Crippen LogP contribution in [0.4, 0.5) is 34.1 Å². The van der Waals surface area contributed by atoms with Gasteiger partial charge in [-0.1, -0.05) is 202 Å². The van der Waals surface area contributed by atoms with Crippen molar-refractivity contribution in [1.82, 2.24) is 4.57 Å². The van der Waals surface area contributed by atoms with E-state index in [9.17, 15) is 0 Å². The lowest BCUT2D eigenvalue weighted by Crippen LogP contribution is -2.15. The van der Waals surface area contributed by atoms with Crippen molar-refractivity contribution in [2.24, 2.45) is 0 Å². The molecule has 1 aliphatic rings. The number of para-hydroxylation sites is 2. The Morgan fingerprint density at radius 3 is 1.19 bits per heavy atom. The van der Waals surface area contributed by atoms with Gasteiger partial charge in [-0.3, -0.25) is 0 Å². The molecule has 0 unspecified atom stereocenters. The van der Waals surface area contributed by atoms with Crippen LogP contribution in [-0.4, -0.2) is 4.57 Å². The largest absolute Gasteiger partial charge is 0.310 e. The Bertz CT molecular complexity index is 4010. The van der Waals surface area contributed by atoms with Gasteiger partial charge in [-0.15, -0.1) is 0 Å². The third kappa shape index (κ3) is 6.96. The van der Waals surface area contributed by atoms with E-state index in [1.54, 1.807) is 0 Å². The minimum Gasteiger partial charge on any atom is -0.310 e. The molecular weight excluding hydrogens is 895 g/mol. The van der Waals surface area contributed by atoms with Gasteiger partial charge in [-0.2, -0.15) is 0 Å². The van der Waals surface area contributed by atoms with Gasteiger partial charge < -0.3 is 14.4 Å². The summed E-state index contributed by atoms with van der Waals surface area (Å²) >= 11 is 0. The standard InChI is InChI=1S/C71H51N3/c1-71(2)63-30-16-15-27-57(63)58-42-41-56(47-64(58)71)74-67-45-43-59-61(28-17-31-65(59)72(52-23-11-5-12-24-52)54-37-33-50(34-38-54)48-19-7-3-8-20-48)69(67)70-62-29-18-32-66(60(62)44-46-68(70)74)73(53-25-13-6-14-26-53)55-39-35-51(36-40-55)49-21-9-4-10-22-49/h3-47H,1-2H3. The number of benzene rings is 12. The first-order valence-corrected chi connectivity index (χ1v) is 25.7. The molecule has 0 saturated carbocycles. The fraction of sp³-hybridized carbons (Fsp3) is 0.0423. The molecule has 1 heterocycles. The second-order valence-corrected chi connectivity index (χ2v) is 20.1. The molecular formula is C71H51N3. The van der Waals surface area contributed by atoms with Crippen LogP contribution in [0.2, 0.25) is 0 Å². The van der Waals surface area contributed by atoms with Gasteiger partial charge in [0.1, 0.15) is 0 Å². The highest BCUT2D eigenvalue weighted by molar-refractivity contribution is 6.30. The van der Waals surface area contributed by atoms with Crippen LogP contribution in [0, 0.1) is 0 Å². The summed E-state index contributed by atoms with van der Waals surface area (Å²) < 4.78 is 2.52. The maximum absolute atomic E-state index is 2.52. The lowest BCUT2D eigenvalue weighted by molar-refractivity contribution is 0.660. The maximum atomic E-state index is 2.52. The summed E-state index contributed by atoms with van der Waals surface area (Å²) in [7, 11) is 0. The quantitative estimate of drug-likeness (QED) is 0.143. The zero-order chi connectivity index (χ0) is 49.3. The second kappa shape index (κ2) is 17.4. The fourth-order valence-corrected chi connectivity index (χ4v) is 12.1. The van der Waals surface area contributed by atoms with Crippen molar-refractivity contribution in [2.45, 2.75) is 19.3 Å². The second-order valence-electron chi connectivity index (χ2n) is 20.1. The van der Waals surface area contributed by atoms with E-state index in [0.29, 0.717) is 0 Å². The topological polar surface area (TPSA) is 11.4 Å². The predicted octanol–water partition coefficient (Wildman–Crippen LogP) is 19.7. The molecule has 74 heavy (non-hydrogen) atoms. The average Bonchev–Trinajstić information content (AvgIpc) is 4.01. The van der Waals surface area contributed by atoms with E-state index in [4.69, 9.17) is 0 Å². The zero-order valence-electron chi connectivity index (χ0n) is 41.3. The molecule has 0 radical (unpaired) electrons. The first-order valence-electron chi connectivity index (χ1n) is 25.7. The van der Waals surface area contributed by atoms with Gasteiger partial charge in [0.2, 0.25) is 0 Å². The number of nitrogens with zero attached hydrogens (tertiary/aromatic N) is 3. The molecule has 1 aromatic heterocycles. The van der Waals surface area contributed by atoms with E-state index >= 15 is 0 Å². The summed E-state index contributed by atoms with van der Waals surface area (Å²) in [4.78, 5) is 4.83. The van der Waals surface area contributed by atoms with Crippen molar-refractivity contribution in [3.8, 4) is 39.1 Å². The third-order valence-corrected chi connectivity index (χ3v) is 15.6. The number of hydrogen-bond acceptors (Lipinski definition) is 2.